The molecule has 0 bridgehead atoms. The van der Waals surface area contributed by atoms with Crippen molar-refractivity contribution in [3.63, 3.8) is 0 Å². The molecule has 1 aliphatic rings. The molecule has 3 nitrogen and oxygen atoms in total. The topological polar surface area (TPSA) is 24.5 Å². The number of ether oxygens (including phenoxy) is 1. The van der Waals surface area contributed by atoms with E-state index in [9.17, 15) is 0 Å². The van der Waals surface area contributed by atoms with Crippen LogP contribution in [-0.2, 0) is 0 Å². The maximum absolute atomic E-state index is 5.87. The van der Waals surface area contributed by atoms with E-state index in [1.807, 2.05) is 30.3 Å². The van der Waals surface area contributed by atoms with Gasteiger partial charge in [0.1, 0.15) is 12.4 Å². The second-order valence-corrected chi connectivity index (χ2v) is 6.73. The smallest absolute Gasteiger partial charge is 0.119 e. The normalized spacial score (nSPS) is 23.7. The van der Waals surface area contributed by atoms with Crippen molar-refractivity contribution in [1.29, 1.82) is 0 Å². The summed E-state index contributed by atoms with van der Waals surface area (Å²) < 4.78 is 5.87. The van der Waals surface area contributed by atoms with Gasteiger partial charge in [-0.25, -0.2) is 0 Å². The molecular formula is C18H30N2O. The summed E-state index contributed by atoms with van der Waals surface area (Å²) in [4.78, 5) is 2.61. The molecule has 118 valence electrons. The van der Waals surface area contributed by atoms with Crippen LogP contribution in [-0.4, -0.2) is 43.2 Å². The van der Waals surface area contributed by atoms with Crippen molar-refractivity contribution >= 4 is 0 Å². The van der Waals surface area contributed by atoms with Crippen molar-refractivity contribution in [3.8, 4) is 5.75 Å². The van der Waals surface area contributed by atoms with Crippen LogP contribution in [0.4, 0.5) is 0 Å². The number of piperazine rings is 1. The lowest BCUT2D eigenvalue weighted by Gasteiger charge is -2.43. The van der Waals surface area contributed by atoms with Crippen LogP contribution >= 0.6 is 0 Å². The molecule has 0 saturated carbocycles. The number of para-hydroxylation sites is 1. The lowest BCUT2D eigenvalue weighted by atomic mass is 9.94. The molecule has 1 N–H and O–H groups in total. The fraction of sp³-hybridized carbons (Fsp3) is 0.667. The Hall–Kier alpha value is -1.06. The van der Waals surface area contributed by atoms with Crippen molar-refractivity contribution in [2.24, 2.45) is 11.8 Å². The molecule has 1 aromatic carbocycles. The van der Waals surface area contributed by atoms with Gasteiger partial charge in [-0.15, -0.1) is 0 Å². The van der Waals surface area contributed by atoms with E-state index in [1.165, 1.54) is 0 Å². The van der Waals surface area contributed by atoms with Crippen molar-refractivity contribution in [2.45, 2.75) is 39.8 Å². The highest BCUT2D eigenvalue weighted by molar-refractivity contribution is 5.20. The number of benzene rings is 1. The van der Waals surface area contributed by atoms with Crippen LogP contribution in [0.3, 0.4) is 0 Å². The first-order valence-corrected chi connectivity index (χ1v) is 8.23. The lowest BCUT2D eigenvalue weighted by molar-refractivity contribution is 0.0715. The van der Waals surface area contributed by atoms with Crippen LogP contribution in [0.25, 0.3) is 0 Å². The molecule has 1 saturated heterocycles. The van der Waals surface area contributed by atoms with Gasteiger partial charge in [0, 0.05) is 31.7 Å². The summed E-state index contributed by atoms with van der Waals surface area (Å²) >= 11 is 0. The maximum atomic E-state index is 5.87. The van der Waals surface area contributed by atoms with E-state index in [0.29, 0.717) is 23.9 Å². The Morgan fingerprint density at radius 2 is 1.86 bits per heavy atom. The molecule has 1 fully saturated rings. The average Bonchev–Trinajstić information content (AvgIpc) is 2.48. The Balaban J connectivity index is 1.87. The Kier molecular flexibility index (Phi) is 6.07. The second kappa shape index (κ2) is 7.81. The summed E-state index contributed by atoms with van der Waals surface area (Å²) in [7, 11) is 0. The predicted molar refractivity (Wildman–Crippen MR) is 88.8 cm³/mol. The highest BCUT2D eigenvalue weighted by Crippen LogP contribution is 2.18. The van der Waals surface area contributed by atoms with Gasteiger partial charge in [0.05, 0.1) is 0 Å². The minimum Gasteiger partial charge on any atom is -0.492 e. The summed E-state index contributed by atoms with van der Waals surface area (Å²) in [5.41, 5.74) is 0. The summed E-state index contributed by atoms with van der Waals surface area (Å²) in [6.45, 7) is 13.2. The molecule has 1 heterocycles. The fourth-order valence-electron chi connectivity index (χ4n) is 3.01. The quantitative estimate of drug-likeness (QED) is 0.871. The molecule has 3 heteroatoms. The zero-order valence-corrected chi connectivity index (χ0v) is 13.9. The molecule has 0 amide bonds. The molecule has 0 spiro atoms. The Morgan fingerprint density at radius 3 is 2.48 bits per heavy atom. The number of hydrogen-bond acceptors (Lipinski definition) is 3. The van der Waals surface area contributed by atoms with Gasteiger partial charge in [0.2, 0.25) is 0 Å². The van der Waals surface area contributed by atoms with Crippen LogP contribution in [0.5, 0.6) is 5.75 Å². The Morgan fingerprint density at radius 1 is 1.14 bits per heavy atom. The predicted octanol–water partition coefficient (Wildman–Crippen LogP) is 3.02. The molecule has 0 radical (unpaired) electrons. The van der Waals surface area contributed by atoms with Gasteiger partial charge in [0.25, 0.3) is 0 Å². The first kappa shape index (κ1) is 16.3. The van der Waals surface area contributed by atoms with E-state index in [1.54, 1.807) is 0 Å². The lowest BCUT2D eigenvalue weighted by Crippen LogP contribution is -2.60. The zero-order chi connectivity index (χ0) is 15.2. The Bertz CT molecular complexity index is 405. The van der Waals surface area contributed by atoms with Gasteiger partial charge in [-0.05, 0) is 24.0 Å². The number of nitrogens with one attached hydrogen (secondary N) is 1. The monoisotopic (exact) mass is 290 g/mol. The van der Waals surface area contributed by atoms with E-state index in [-0.39, 0.29) is 0 Å². The van der Waals surface area contributed by atoms with E-state index in [0.717, 1.165) is 32.0 Å². The van der Waals surface area contributed by atoms with Crippen LogP contribution in [0.15, 0.2) is 30.3 Å². The molecule has 2 unspecified atom stereocenters. The average molecular weight is 290 g/mol. The van der Waals surface area contributed by atoms with Gasteiger partial charge < -0.3 is 10.1 Å². The summed E-state index contributed by atoms with van der Waals surface area (Å²) in [5, 5.41) is 3.71. The molecule has 1 aromatic rings. The highest BCUT2D eigenvalue weighted by atomic mass is 16.5. The zero-order valence-electron chi connectivity index (χ0n) is 13.9. The van der Waals surface area contributed by atoms with E-state index < -0.39 is 0 Å². The fourth-order valence-corrected chi connectivity index (χ4v) is 3.01. The van der Waals surface area contributed by atoms with E-state index >= 15 is 0 Å². The molecule has 2 rings (SSSR count). The van der Waals surface area contributed by atoms with Gasteiger partial charge in [0.15, 0.2) is 0 Å². The summed E-state index contributed by atoms with van der Waals surface area (Å²) in [6.07, 6.45) is 0. The van der Waals surface area contributed by atoms with Gasteiger partial charge in [-0.3, -0.25) is 4.90 Å². The summed E-state index contributed by atoms with van der Waals surface area (Å²) in [6, 6.07) is 11.3. The molecule has 0 aromatic heterocycles. The molecule has 1 aliphatic heterocycles. The SMILES string of the molecule is CC(C)C1CN(CCOc2ccccc2)C(C(C)C)CN1. The third-order valence-electron chi connectivity index (χ3n) is 4.45. The largest absolute Gasteiger partial charge is 0.492 e. The third-order valence-corrected chi connectivity index (χ3v) is 4.45. The van der Waals surface area contributed by atoms with Crippen molar-refractivity contribution in [3.05, 3.63) is 30.3 Å². The number of hydrogen-bond donors (Lipinski definition) is 1. The van der Waals surface area contributed by atoms with Crippen LogP contribution < -0.4 is 10.1 Å². The number of rotatable bonds is 6. The highest BCUT2D eigenvalue weighted by Gasteiger charge is 2.30. The molecule has 2 atom stereocenters. The van der Waals surface area contributed by atoms with Crippen LogP contribution in [0.2, 0.25) is 0 Å². The van der Waals surface area contributed by atoms with Crippen LogP contribution in [0, 0.1) is 11.8 Å². The third kappa shape index (κ3) is 4.72. The Labute approximate surface area is 129 Å². The first-order valence-electron chi connectivity index (χ1n) is 8.23. The van der Waals surface area contributed by atoms with Gasteiger partial charge >= 0.3 is 0 Å². The van der Waals surface area contributed by atoms with Crippen molar-refractivity contribution in [2.75, 3.05) is 26.2 Å². The first-order chi connectivity index (χ1) is 10.1. The van der Waals surface area contributed by atoms with E-state index in [2.05, 4.69) is 37.9 Å². The van der Waals surface area contributed by atoms with Gasteiger partial charge in [-0.2, -0.15) is 0 Å². The second-order valence-electron chi connectivity index (χ2n) is 6.73. The maximum Gasteiger partial charge on any atom is 0.119 e. The standard InChI is InChI=1S/C18H30N2O/c1-14(2)17-13-20(18(12-19-17)15(3)4)10-11-21-16-8-6-5-7-9-16/h5-9,14-15,17-19H,10-13H2,1-4H3. The van der Waals surface area contributed by atoms with Gasteiger partial charge in [-0.1, -0.05) is 45.9 Å². The number of nitrogens with zero attached hydrogens (tertiary/aromatic N) is 1. The minimum absolute atomic E-state index is 0.594. The molecule has 21 heavy (non-hydrogen) atoms. The van der Waals surface area contributed by atoms with E-state index in [4.69, 9.17) is 4.74 Å². The molecule has 0 aliphatic carbocycles. The van der Waals surface area contributed by atoms with Crippen LogP contribution in [0.1, 0.15) is 27.7 Å². The molecular weight excluding hydrogens is 260 g/mol. The van der Waals surface area contributed by atoms with Crippen molar-refractivity contribution < 1.29 is 4.74 Å². The summed E-state index contributed by atoms with van der Waals surface area (Å²) in [5.74, 6) is 2.31. The van der Waals surface area contributed by atoms with Crippen molar-refractivity contribution in [1.82, 2.24) is 10.2 Å². The minimum atomic E-state index is 0.594.